The van der Waals surface area contributed by atoms with Gasteiger partial charge in [0.1, 0.15) is 0 Å². The Morgan fingerprint density at radius 1 is 1.11 bits per heavy atom. The summed E-state index contributed by atoms with van der Waals surface area (Å²) in [5.74, 6) is 2.73. The largest absolute Gasteiger partial charge is 0.490 e. The summed E-state index contributed by atoms with van der Waals surface area (Å²) in [6.45, 7) is 11.3. The third-order valence-electron chi connectivity index (χ3n) is 6.60. The van der Waals surface area contributed by atoms with E-state index in [9.17, 15) is 4.79 Å². The van der Waals surface area contributed by atoms with Crippen LogP contribution in [0.5, 0.6) is 11.5 Å². The molecule has 0 spiro atoms. The quantitative estimate of drug-likeness (QED) is 0.429. The van der Waals surface area contributed by atoms with Crippen LogP contribution in [0.2, 0.25) is 0 Å². The van der Waals surface area contributed by atoms with Gasteiger partial charge in [-0.25, -0.2) is 0 Å². The van der Waals surface area contributed by atoms with Crippen LogP contribution in [0.15, 0.2) is 47.0 Å². The molecule has 1 aliphatic heterocycles. The second kappa shape index (κ2) is 12.0. The lowest BCUT2D eigenvalue weighted by atomic mass is 9.95. The van der Waals surface area contributed by atoms with Crippen molar-refractivity contribution >= 4 is 5.91 Å². The number of aromatic nitrogens is 2. The Morgan fingerprint density at radius 2 is 1.83 bits per heavy atom. The van der Waals surface area contributed by atoms with E-state index in [2.05, 4.69) is 20.4 Å². The molecule has 8 nitrogen and oxygen atoms in total. The van der Waals surface area contributed by atoms with Crippen LogP contribution in [-0.2, 0) is 11.3 Å². The van der Waals surface area contributed by atoms with Crippen molar-refractivity contribution in [1.29, 1.82) is 0 Å². The van der Waals surface area contributed by atoms with Crippen molar-refractivity contribution in [2.75, 3.05) is 26.3 Å². The molecule has 3 aromatic rings. The number of aryl methyl sites for hydroxylation is 1. The minimum atomic E-state index is -0.122. The number of nitrogens with one attached hydrogen (secondary N) is 1. The number of nitrogens with zero attached hydrogens (tertiary/aromatic N) is 3. The standard InChI is InChI=1S/C28H36N4O4/c1-5-34-24-12-11-22(17-25(24)35-6-2)20(4)29-28(33)21-13-15-32(16-14-21)18-26-30-27(31-36-26)23-10-8-7-9-19(23)3/h7-12,17,20-21H,5-6,13-16,18H2,1-4H3,(H,29,33). The van der Waals surface area contributed by atoms with E-state index in [-0.39, 0.29) is 17.9 Å². The fourth-order valence-corrected chi connectivity index (χ4v) is 4.55. The molecule has 192 valence electrons. The fraction of sp³-hybridized carbons (Fsp3) is 0.464. The van der Waals surface area contributed by atoms with E-state index in [1.807, 2.05) is 70.2 Å². The van der Waals surface area contributed by atoms with Crippen molar-refractivity contribution in [3.8, 4) is 22.9 Å². The van der Waals surface area contributed by atoms with Crippen molar-refractivity contribution in [3.05, 3.63) is 59.5 Å². The first kappa shape index (κ1) is 25.7. The summed E-state index contributed by atoms with van der Waals surface area (Å²) in [6.07, 6.45) is 1.59. The predicted molar refractivity (Wildman–Crippen MR) is 138 cm³/mol. The van der Waals surface area contributed by atoms with Gasteiger partial charge < -0.3 is 19.3 Å². The molecule has 1 atom stereocenters. The van der Waals surface area contributed by atoms with Gasteiger partial charge in [0.15, 0.2) is 11.5 Å². The van der Waals surface area contributed by atoms with Crippen LogP contribution >= 0.6 is 0 Å². The molecule has 1 fully saturated rings. The van der Waals surface area contributed by atoms with Gasteiger partial charge in [-0.05, 0) is 76.9 Å². The highest BCUT2D eigenvalue weighted by molar-refractivity contribution is 5.79. The first-order valence-electron chi connectivity index (χ1n) is 12.8. The van der Waals surface area contributed by atoms with Crippen molar-refractivity contribution in [2.45, 2.75) is 53.1 Å². The zero-order valence-electron chi connectivity index (χ0n) is 21.6. The summed E-state index contributed by atoms with van der Waals surface area (Å²) in [7, 11) is 0. The number of ether oxygens (including phenoxy) is 2. The van der Waals surface area contributed by atoms with Crippen molar-refractivity contribution in [3.63, 3.8) is 0 Å². The predicted octanol–water partition coefficient (Wildman–Crippen LogP) is 4.93. The van der Waals surface area contributed by atoms with Crippen LogP contribution in [-0.4, -0.2) is 47.3 Å². The van der Waals surface area contributed by atoms with E-state index in [4.69, 9.17) is 14.0 Å². The van der Waals surface area contributed by atoms with E-state index < -0.39 is 0 Å². The van der Waals surface area contributed by atoms with Crippen molar-refractivity contribution in [1.82, 2.24) is 20.4 Å². The molecular weight excluding hydrogens is 456 g/mol. The van der Waals surface area contributed by atoms with Gasteiger partial charge in [0.05, 0.1) is 25.8 Å². The monoisotopic (exact) mass is 492 g/mol. The average Bonchev–Trinajstić information content (AvgIpc) is 3.34. The second-order valence-corrected chi connectivity index (χ2v) is 9.18. The van der Waals surface area contributed by atoms with Gasteiger partial charge in [0.2, 0.25) is 17.6 Å². The fourth-order valence-electron chi connectivity index (χ4n) is 4.55. The highest BCUT2D eigenvalue weighted by Crippen LogP contribution is 2.31. The minimum Gasteiger partial charge on any atom is -0.490 e. The summed E-state index contributed by atoms with van der Waals surface area (Å²) < 4.78 is 16.9. The highest BCUT2D eigenvalue weighted by Gasteiger charge is 2.27. The van der Waals surface area contributed by atoms with Crippen LogP contribution < -0.4 is 14.8 Å². The van der Waals surface area contributed by atoms with Crippen LogP contribution in [0.1, 0.15) is 56.7 Å². The Morgan fingerprint density at radius 3 is 2.56 bits per heavy atom. The molecule has 0 aliphatic carbocycles. The molecule has 1 aromatic heterocycles. The molecule has 36 heavy (non-hydrogen) atoms. The van der Waals surface area contributed by atoms with Gasteiger partial charge in [-0.15, -0.1) is 0 Å². The maximum atomic E-state index is 13.0. The molecular formula is C28H36N4O4. The van der Waals surface area contributed by atoms with Crippen LogP contribution in [0.25, 0.3) is 11.4 Å². The molecule has 0 bridgehead atoms. The number of likely N-dealkylation sites (tertiary alicyclic amines) is 1. The van der Waals surface area contributed by atoms with E-state index in [0.717, 1.165) is 48.4 Å². The average molecular weight is 493 g/mol. The molecule has 4 rings (SSSR count). The van der Waals surface area contributed by atoms with E-state index in [1.165, 1.54) is 0 Å². The van der Waals surface area contributed by atoms with Crippen molar-refractivity contribution in [2.24, 2.45) is 5.92 Å². The van der Waals surface area contributed by atoms with Crippen LogP contribution in [0.4, 0.5) is 0 Å². The molecule has 1 saturated heterocycles. The SMILES string of the molecule is CCOc1ccc(C(C)NC(=O)C2CCN(Cc3nc(-c4ccccc4C)no3)CC2)cc1OCC. The highest BCUT2D eigenvalue weighted by atomic mass is 16.5. The zero-order valence-corrected chi connectivity index (χ0v) is 21.6. The van der Waals surface area contributed by atoms with Gasteiger partial charge in [0.25, 0.3) is 0 Å². The number of benzene rings is 2. The number of hydrogen-bond acceptors (Lipinski definition) is 7. The summed E-state index contributed by atoms with van der Waals surface area (Å²) in [5, 5.41) is 7.34. The smallest absolute Gasteiger partial charge is 0.241 e. The first-order chi connectivity index (χ1) is 17.5. The lowest BCUT2D eigenvalue weighted by Crippen LogP contribution is -2.40. The maximum absolute atomic E-state index is 13.0. The van der Waals surface area contributed by atoms with Gasteiger partial charge >= 0.3 is 0 Å². The van der Waals surface area contributed by atoms with E-state index >= 15 is 0 Å². The number of carbonyl (C=O) groups excluding carboxylic acids is 1. The molecule has 1 N–H and O–H groups in total. The Bertz CT molecular complexity index is 1150. The summed E-state index contributed by atoms with van der Waals surface area (Å²) in [5.41, 5.74) is 3.09. The summed E-state index contributed by atoms with van der Waals surface area (Å²) in [6, 6.07) is 13.7. The van der Waals surface area contributed by atoms with Gasteiger partial charge in [-0.2, -0.15) is 4.98 Å². The molecule has 0 radical (unpaired) electrons. The topological polar surface area (TPSA) is 89.7 Å². The lowest BCUT2D eigenvalue weighted by molar-refractivity contribution is -0.127. The van der Waals surface area contributed by atoms with E-state index in [1.54, 1.807) is 0 Å². The Hall–Kier alpha value is -3.39. The molecule has 1 unspecified atom stereocenters. The minimum absolute atomic E-state index is 0.0111. The first-order valence-corrected chi connectivity index (χ1v) is 12.8. The third-order valence-corrected chi connectivity index (χ3v) is 6.60. The number of carbonyl (C=O) groups is 1. The Balaban J connectivity index is 1.28. The number of piperidine rings is 1. The Kier molecular flexibility index (Phi) is 8.59. The normalized spacial score (nSPS) is 15.4. The van der Waals surface area contributed by atoms with Gasteiger partial charge in [-0.3, -0.25) is 9.69 Å². The number of amides is 1. The lowest BCUT2D eigenvalue weighted by Gasteiger charge is -2.31. The van der Waals surface area contributed by atoms with Crippen LogP contribution in [0, 0.1) is 12.8 Å². The molecule has 1 aliphatic rings. The Labute approximate surface area is 213 Å². The second-order valence-electron chi connectivity index (χ2n) is 9.18. The summed E-state index contributed by atoms with van der Waals surface area (Å²) in [4.78, 5) is 19.8. The van der Waals surface area contributed by atoms with Gasteiger partial charge in [-0.1, -0.05) is 35.5 Å². The molecule has 2 aromatic carbocycles. The molecule has 2 heterocycles. The number of hydrogen-bond donors (Lipinski definition) is 1. The van der Waals surface area contributed by atoms with Gasteiger partial charge in [0, 0.05) is 11.5 Å². The molecule has 1 amide bonds. The maximum Gasteiger partial charge on any atom is 0.241 e. The third kappa shape index (κ3) is 6.23. The zero-order chi connectivity index (χ0) is 25.5. The molecule has 8 heteroatoms. The number of rotatable bonds is 10. The summed E-state index contributed by atoms with van der Waals surface area (Å²) >= 11 is 0. The van der Waals surface area contributed by atoms with E-state index in [0.29, 0.717) is 37.2 Å². The molecule has 0 saturated carbocycles. The van der Waals surface area contributed by atoms with Crippen molar-refractivity contribution < 1.29 is 18.8 Å². The van der Waals surface area contributed by atoms with Crippen LogP contribution in [0.3, 0.4) is 0 Å².